The molecule has 2 N–H and O–H groups in total. The number of aliphatic hydroxyl groups excluding tert-OH is 1. The molecule has 4 nitrogen and oxygen atoms in total. The third kappa shape index (κ3) is 2.20. The van der Waals surface area contributed by atoms with Gasteiger partial charge in [0.1, 0.15) is 12.3 Å². The monoisotopic (exact) mass is 323 g/mol. The normalized spacial score (nSPS) is 13.4. The number of pyridine rings is 1. The summed E-state index contributed by atoms with van der Waals surface area (Å²) >= 11 is 0. The van der Waals surface area contributed by atoms with Crippen LogP contribution in [-0.2, 0) is 19.7 Å². The molecule has 3 heterocycles. The van der Waals surface area contributed by atoms with Crippen molar-refractivity contribution in [2.75, 3.05) is 5.32 Å². The molecular weight excluding hydrogens is 305 g/mol. The Morgan fingerprint density at radius 3 is 2.92 bits per heavy atom. The van der Waals surface area contributed by atoms with Crippen LogP contribution in [0.25, 0.3) is 16.7 Å². The van der Waals surface area contributed by atoms with Crippen molar-refractivity contribution in [2.24, 2.45) is 0 Å². The van der Waals surface area contributed by atoms with E-state index in [1.165, 1.54) is 5.56 Å². The molecule has 24 heavy (non-hydrogen) atoms. The van der Waals surface area contributed by atoms with Crippen LogP contribution in [-0.4, -0.2) is 14.7 Å². The summed E-state index contributed by atoms with van der Waals surface area (Å²) < 4.78 is 14.9. The van der Waals surface area contributed by atoms with Crippen molar-refractivity contribution >= 4 is 16.7 Å². The fourth-order valence-corrected chi connectivity index (χ4v) is 3.39. The van der Waals surface area contributed by atoms with Crippen LogP contribution in [0.3, 0.4) is 0 Å². The van der Waals surface area contributed by atoms with Crippen molar-refractivity contribution in [3.8, 4) is 5.69 Å². The number of aliphatic hydroxyl groups is 1. The number of rotatable bonds is 3. The smallest absolute Gasteiger partial charge is 0.145 e. The molecule has 0 spiro atoms. The zero-order valence-corrected chi connectivity index (χ0v) is 13.4. The highest BCUT2D eigenvalue weighted by Gasteiger charge is 2.19. The average Bonchev–Trinajstić information content (AvgIpc) is 3.13. The number of nitrogens with one attached hydrogen (secondary N) is 1. The van der Waals surface area contributed by atoms with Gasteiger partial charge in [-0.2, -0.15) is 0 Å². The van der Waals surface area contributed by atoms with E-state index in [0.717, 1.165) is 40.1 Å². The molecule has 3 aromatic rings. The molecule has 1 aromatic carbocycles. The Morgan fingerprint density at radius 2 is 2.17 bits per heavy atom. The molecule has 2 aromatic heterocycles. The lowest BCUT2D eigenvalue weighted by Crippen LogP contribution is -2.03. The van der Waals surface area contributed by atoms with E-state index in [-0.39, 0.29) is 6.61 Å². The van der Waals surface area contributed by atoms with Gasteiger partial charge in [0.15, 0.2) is 0 Å². The van der Waals surface area contributed by atoms with Crippen molar-refractivity contribution in [2.45, 2.75) is 26.6 Å². The average molecular weight is 323 g/mol. The number of benzene rings is 1. The lowest BCUT2D eigenvalue weighted by molar-refractivity contribution is 0.275. The van der Waals surface area contributed by atoms with E-state index in [4.69, 9.17) is 0 Å². The second-order valence-corrected chi connectivity index (χ2v) is 6.18. The maximum atomic E-state index is 13.0. The Balaban J connectivity index is 1.98. The number of aryl methyl sites for hydroxylation is 1. The number of allylic oxidation sites excluding steroid dienone is 1. The molecule has 5 heteroatoms. The molecule has 122 valence electrons. The molecule has 0 unspecified atom stereocenters. The maximum absolute atomic E-state index is 13.0. The molecule has 0 saturated heterocycles. The fraction of sp³-hybridized carbons (Fsp3) is 0.211. The minimum Gasteiger partial charge on any atom is -0.390 e. The zero-order chi connectivity index (χ0) is 16.8. The van der Waals surface area contributed by atoms with Crippen LogP contribution < -0.4 is 5.32 Å². The molecule has 0 radical (unpaired) electrons. The van der Waals surface area contributed by atoms with Gasteiger partial charge in [0.25, 0.3) is 0 Å². The van der Waals surface area contributed by atoms with Gasteiger partial charge < -0.3 is 10.4 Å². The number of alkyl halides is 1. The predicted octanol–water partition coefficient (Wildman–Crippen LogP) is 3.78. The van der Waals surface area contributed by atoms with Gasteiger partial charge in [0, 0.05) is 28.9 Å². The molecule has 0 saturated carbocycles. The van der Waals surface area contributed by atoms with Crippen molar-refractivity contribution in [1.82, 2.24) is 9.55 Å². The highest BCUT2D eigenvalue weighted by molar-refractivity contribution is 5.81. The highest BCUT2D eigenvalue weighted by Crippen LogP contribution is 2.34. The largest absolute Gasteiger partial charge is 0.390 e. The van der Waals surface area contributed by atoms with Crippen LogP contribution in [0.1, 0.15) is 22.5 Å². The summed E-state index contributed by atoms with van der Waals surface area (Å²) in [4.78, 5) is 4.42. The second kappa shape index (κ2) is 5.46. The molecular formula is C19H18FN3O. The van der Waals surface area contributed by atoms with Gasteiger partial charge in [-0.15, -0.1) is 0 Å². The first-order chi connectivity index (χ1) is 11.6. The first-order valence-corrected chi connectivity index (χ1v) is 7.86. The molecule has 0 aliphatic carbocycles. The molecule has 1 aliphatic heterocycles. The number of nitrogens with zero attached hydrogens (tertiary/aromatic N) is 2. The molecule has 0 bridgehead atoms. The number of halogens is 1. The molecule has 0 atom stereocenters. The summed E-state index contributed by atoms with van der Waals surface area (Å²) in [5, 5.41) is 14.0. The van der Waals surface area contributed by atoms with Crippen LogP contribution >= 0.6 is 0 Å². The Kier molecular flexibility index (Phi) is 3.39. The minimum absolute atomic E-state index is 0.109. The molecule has 0 fully saturated rings. The number of hydrogen-bond acceptors (Lipinski definition) is 3. The van der Waals surface area contributed by atoms with E-state index < -0.39 is 6.67 Å². The van der Waals surface area contributed by atoms with E-state index in [1.54, 1.807) is 6.07 Å². The van der Waals surface area contributed by atoms with E-state index in [1.807, 2.05) is 29.7 Å². The van der Waals surface area contributed by atoms with Gasteiger partial charge in [0.05, 0.1) is 18.0 Å². The second-order valence-electron chi connectivity index (χ2n) is 6.18. The van der Waals surface area contributed by atoms with E-state index in [2.05, 4.69) is 22.9 Å². The van der Waals surface area contributed by atoms with Crippen molar-refractivity contribution < 1.29 is 9.50 Å². The van der Waals surface area contributed by atoms with Gasteiger partial charge in [0.2, 0.25) is 0 Å². The van der Waals surface area contributed by atoms with Crippen LogP contribution in [0.5, 0.6) is 0 Å². The van der Waals surface area contributed by atoms with Gasteiger partial charge >= 0.3 is 0 Å². The fourth-order valence-electron chi connectivity index (χ4n) is 3.39. The third-order valence-corrected chi connectivity index (χ3v) is 4.45. The Labute approximate surface area is 139 Å². The van der Waals surface area contributed by atoms with Gasteiger partial charge in [-0.1, -0.05) is 6.58 Å². The summed E-state index contributed by atoms with van der Waals surface area (Å²) in [5.74, 6) is 0. The number of aromatic nitrogens is 2. The summed E-state index contributed by atoms with van der Waals surface area (Å²) in [6.07, 6.45) is 0.779. The summed E-state index contributed by atoms with van der Waals surface area (Å²) in [6, 6.07) is 9.54. The highest BCUT2D eigenvalue weighted by atomic mass is 19.1. The molecule has 1 aliphatic rings. The summed E-state index contributed by atoms with van der Waals surface area (Å²) in [5.41, 5.74) is 7.06. The summed E-state index contributed by atoms with van der Waals surface area (Å²) in [7, 11) is 0. The Bertz CT molecular complexity index is 974. The van der Waals surface area contributed by atoms with Crippen molar-refractivity contribution in [1.29, 1.82) is 0 Å². The SMILES string of the molecule is C=C1Cc2cc(-n3c(CO)cc4ccc(CF)nc43)cc(C)c2N1. The molecule has 4 rings (SSSR count). The number of anilines is 1. The van der Waals surface area contributed by atoms with Crippen molar-refractivity contribution in [3.63, 3.8) is 0 Å². The standard InChI is InChI=1S/C19H18FN3O/c1-11-5-16(8-14-6-12(2)21-18(11)14)23-17(10-24)7-13-3-4-15(9-20)22-19(13)23/h3-5,7-8,21,24H,2,6,9-10H2,1H3. The lowest BCUT2D eigenvalue weighted by Gasteiger charge is -2.13. The van der Waals surface area contributed by atoms with E-state index >= 15 is 0 Å². The Morgan fingerprint density at radius 1 is 1.33 bits per heavy atom. The third-order valence-electron chi connectivity index (χ3n) is 4.45. The van der Waals surface area contributed by atoms with Crippen LogP contribution in [0.4, 0.5) is 10.1 Å². The quantitative estimate of drug-likeness (QED) is 0.771. The number of hydrogen-bond donors (Lipinski definition) is 2. The number of fused-ring (bicyclic) bond motifs is 2. The zero-order valence-electron chi connectivity index (χ0n) is 13.4. The van der Waals surface area contributed by atoms with Crippen LogP contribution in [0.15, 0.2) is 42.6 Å². The van der Waals surface area contributed by atoms with Crippen molar-refractivity contribution in [3.05, 3.63) is 65.1 Å². The Hall–Kier alpha value is -2.66. The minimum atomic E-state index is -0.609. The van der Waals surface area contributed by atoms with E-state index in [0.29, 0.717) is 11.3 Å². The predicted molar refractivity (Wildman–Crippen MR) is 93.0 cm³/mol. The van der Waals surface area contributed by atoms with Gasteiger partial charge in [-0.05, 0) is 48.4 Å². The summed E-state index contributed by atoms with van der Waals surface area (Å²) in [6.45, 7) is 5.32. The lowest BCUT2D eigenvalue weighted by atomic mass is 10.1. The van der Waals surface area contributed by atoms with Gasteiger partial charge in [-0.25, -0.2) is 9.37 Å². The van der Waals surface area contributed by atoms with Gasteiger partial charge in [-0.3, -0.25) is 4.57 Å². The first kappa shape index (κ1) is 14.9. The topological polar surface area (TPSA) is 50.1 Å². The maximum Gasteiger partial charge on any atom is 0.145 e. The van der Waals surface area contributed by atoms with E-state index in [9.17, 15) is 9.50 Å². The first-order valence-electron chi connectivity index (χ1n) is 7.86. The molecule has 0 amide bonds. The van der Waals surface area contributed by atoms with Crippen LogP contribution in [0, 0.1) is 6.92 Å². The van der Waals surface area contributed by atoms with Crippen LogP contribution in [0.2, 0.25) is 0 Å².